The van der Waals surface area contributed by atoms with Gasteiger partial charge in [0, 0.05) is 7.11 Å². The molecule has 1 aromatic rings. The van der Waals surface area contributed by atoms with Crippen LogP contribution in [0, 0.1) is 20.8 Å². The minimum absolute atomic E-state index is 0.717. The molecule has 0 N–H and O–H groups in total. The smallest absolute Gasteiger partial charge is 0.0715 e. The average Bonchev–Trinajstić information content (AvgIpc) is 2.00. The van der Waals surface area contributed by atoms with Crippen LogP contribution in [0.15, 0.2) is 12.1 Å². The molecule has 0 aliphatic carbocycles. The van der Waals surface area contributed by atoms with Crippen LogP contribution in [0.4, 0.5) is 0 Å². The molecule has 0 atom stereocenters. The van der Waals surface area contributed by atoms with Gasteiger partial charge in [0.2, 0.25) is 0 Å². The Labute approximate surface area is 74.4 Å². The molecule has 0 bridgehead atoms. The molecule has 12 heavy (non-hydrogen) atoms. The number of benzene rings is 1. The predicted octanol–water partition coefficient (Wildman–Crippen LogP) is 2.76. The molecule has 1 aromatic carbocycles. The molecule has 0 fully saturated rings. The molecule has 0 saturated carbocycles. The van der Waals surface area contributed by atoms with Crippen molar-refractivity contribution in [2.75, 3.05) is 7.11 Å². The molecule has 0 heterocycles. The van der Waals surface area contributed by atoms with Gasteiger partial charge in [-0.05, 0) is 37.5 Å². The minimum atomic E-state index is 0.717. The van der Waals surface area contributed by atoms with Gasteiger partial charge in [0.25, 0.3) is 0 Å². The van der Waals surface area contributed by atoms with Gasteiger partial charge >= 0.3 is 0 Å². The molecule has 0 amide bonds. The van der Waals surface area contributed by atoms with Crippen LogP contribution >= 0.6 is 0 Å². The first-order valence-electron chi connectivity index (χ1n) is 4.21. The summed E-state index contributed by atoms with van der Waals surface area (Å²) in [5.74, 6) is 0. The molecule has 0 radical (unpaired) electrons. The first-order valence-corrected chi connectivity index (χ1v) is 4.21. The monoisotopic (exact) mass is 164 g/mol. The number of rotatable bonds is 2. The van der Waals surface area contributed by atoms with E-state index in [4.69, 9.17) is 4.74 Å². The minimum Gasteiger partial charge on any atom is -0.380 e. The van der Waals surface area contributed by atoms with Crippen LogP contribution in [0.3, 0.4) is 0 Å². The van der Waals surface area contributed by atoms with E-state index in [9.17, 15) is 0 Å². The fourth-order valence-corrected chi connectivity index (χ4v) is 1.43. The zero-order valence-electron chi connectivity index (χ0n) is 8.27. The summed E-state index contributed by atoms with van der Waals surface area (Å²) in [6.07, 6.45) is 0. The number of methoxy groups -OCH3 is 1. The third-order valence-electron chi connectivity index (χ3n) is 2.22. The third kappa shape index (κ3) is 1.86. The van der Waals surface area contributed by atoms with Crippen LogP contribution in [0.5, 0.6) is 0 Å². The maximum Gasteiger partial charge on any atom is 0.0715 e. The fraction of sp³-hybridized carbons (Fsp3) is 0.455. The molecule has 0 aliphatic heterocycles. The van der Waals surface area contributed by atoms with E-state index in [2.05, 4.69) is 32.9 Å². The molecular formula is C11H16O. The van der Waals surface area contributed by atoms with Gasteiger partial charge in [-0.2, -0.15) is 0 Å². The molecule has 0 unspecified atom stereocenters. The normalized spacial score (nSPS) is 10.3. The van der Waals surface area contributed by atoms with Crippen LogP contribution in [0.1, 0.15) is 22.3 Å². The first-order chi connectivity index (χ1) is 5.65. The Hall–Kier alpha value is -0.820. The standard InChI is InChI=1S/C11H16O/c1-8-5-9(2)10(3)11(6-8)7-12-4/h5-6H,7H2,1-4H3. The lowest BCUT2D eigenvalue weighted by Crippen LogP contribution is -1.95. The van der Waals surface area contributed by atoms with Gasteiger partial charge < -0.3 is 4.74 Å². The zero-order valence-corrected chi connectivity index (χ0v) is 8.27. The summed E-state index contributed by atoms with van der Waals surface area (Å²) >= 11 is 0. The van der Waals surface area contributed by atoms with Gasteiger partial charge in [0.05, 0.1) is 6.61 Å². The molecule has 1 nitrogen and oxygen atoms in total. The highest BCUT2D eigenvalue weighted by atomic mass is 16.5. The van der Waals surface area contributed by atoms with Crippen molar-refractivity contribution in [1.82, 2.24) is 0 Å². The Morgan fingerprint density at radius 3 is 2.42 bits per heavy atom. The lowest BCUT2D eigenvalue weighted by atomic mass is 10.0. The van der Waals surface area contributed by atoms with E-state index in [1.54, 1.807) is 7.11 Å². The molecule has 0 saturated heterocycles. The van der Waals surface area contributed by atoms with E-state index < -0.39 is 0 Å². The summed E-state index contributed by atoms with van der Waals surface area (Å²) in [6, 6.07) is 4.39. The number of ether oxygens (including phenoxy) is 1. The Balaban J connectivity index is 3.09. The van der Waals surface area contributed by atoms with Crippen molar-refractivity contribution in [1.29, 1.82) is 0 Å². The Morgan fingerprint density at radius 1 is 1.17 bits per heavy atom. The van der Waals surface area contributed by atoms with Gasteiger partial charge in [-0.3, -0.25) is 0 Å². The second-order valence-corrected chi connectivity index (χ2v) is 3.30. The number of hydrogen-bond acceptors (Lipinski definition) is 1. The molecule has 0 aliphatic rings. The molecule has 1 rings (SSSR count). The predicted molar refractivity (Wildman–Crippen MR) is 51.4 cm³/mol. The third-order valence-corrected chi connectivity index (χ3v) is 2.22. The first kappa shape index (κ1) is 9.27. The summed E-state index contributed by atoms with van der Waals surface area (Å²) in [4.78, 5) is 0. The zero-order chi connectivity index (χ0) is 9.14. The van der Waals surface area contributed by atoms with Gasteiger partial charge in [0.1, 0.15) is 0 Å². The lowest BCUT2D eigenvalue weighted by molar-refractivity contribution is 0.184. The Kier molecular flexibility index (Phi) is 2.88. The van der Waals surface area contributed by atoms with Crippen molar-refractivity contribution in [3.8, 4) is 0 Å². The van der Waals surface area contributed by atoms with Crippen molar-refractivity contribution in [3.63, 3.8) is 0 Å². The van der Waals surface area contributed by atoms with Crippen LogP contribution in [-0.2, 0) is 11.3 Å². The molecule has 0 aromatic heterocycles. The van der Waals surface area contributed by atoms with E-state index in [-0.39, 0.29) is 0 Å². The van der Waals surface area contributed by atoms with E-state index >= 15 is 0 Å². The average molecular weight is 164 g/mol. The van der Waals surface area contributed by atoms with Gasteiger partial charge in [0.15, 0.2) is 0 Å². The second-order valence-electron chi connectivity index (χ2n) is 3.30. The van der Waals surface area contributed by atoms with Gasteiger partial charge in [-0.15, -0.1) is 0 Å². The molecule has 66 valence electrons. The van der Waals surface area contributed by atoms with Crippen LogP contribution in [0.25, 0.3) is 0 Å². The highest BCUT2D eigenvalue weighted by molar-refractivity contribution is 5.36. The van der Waals surface area contributed by atoms with Crippen molar-refractivity contribution < 1.29 is 4.74 Å². The van der Waals surface area contributed by atoms with Crippen LogP contribution in [-0.4, -0.2) is 7.11 Å². The van der Waals surface area contributed by atoms with Crippen molar-refractivity contribution >= 4 is 0 Å². The van der Waals surface area contributed by atoms with Gasteiger partial charge in [-0.1, -0.05) is 17.7 Å². The number of hydrogen-bond donors (Lipinski definition) is 0. The Bertz CT molecular complexity index is 277. The number of aryl methyl sites for hydroxylation is 2. The van der Waals surface area contributed by atoms with Crippen molar-refractivity contribution in [3.05, 3.63) is 34.4 Å². The van der Waals surface area contributed by atoms with E-state index in [0.717, 1.165) is 0 Å². The second kappa shape index (κ2) is 3.72. The topological polar surface area (TPSA) is 9.23 Å². The quantitative estimate of drug-likeness (QED) is 0.653. The Morgan fingerprint density at radius 2 is 1.83 bits per heavy atom. The SMILES string of the molecule is COCc1cc(C)cc(C)c1C. The highest BCUT2D eigenvalue weighted by Gasteiger charge is 2.01. The summed E-state index contributed by atoms with van der Waals surface area (Å²) in [5.41, 5.74) is 5.31. The molecule has 0 spiro atoms. The van der Waals surface area contributed by atoms with E-state index in [0.29, 0.717) is 6.61 Å². The van der Waals surface area contributed by atoms with Crippen molar-refractivity contribution in [2.24, 2.45) is 0 Å². The summed E-state index contributed by atoms with van der Waals surface area (Å²) in [7, 11) is 1.73. The van der Waals surface area contributed by atoms with Crippen molar-refractivity contribution in [2.45, 2.75) is 27.4 Å². The summed E-state index contributed by atoms with van der Waals surface area (Å²) in [6.45, 7) is 7.12. The highest BCUT2D eigenvalue weighted by Crippen LogP contribution is 2.16. The van der Waals surface area contributed by atoms with Crippen LogP contribution in [0.2, 0.25) is 0 Å². The molecule has 1 heteroatoms. The lowest BCUT2D eigenvalue weighted by Gasteiger charge is -2.09. The summed E-state index contributed by atoms with van der Waals surface area (Å²) in [5, 5.41) is 0. The fourth-order valence-electron chi connectivity index (χ4n) is 1.43. The largest absolute Gasteiger partial charge is 0.380 e. The maximum absolute atomic E-state index is 5.12. The van der Waals surface area contributed by atoms with Gasteiger partial charge in [-0.25, -0.2) is 0 Å². The summed E-state index contributed by atoms with van der Waals surface area (Å²) < 4.78 is 5.12. The van der Waals surface area contributed by atoms with E-state index in [1.165, 1.54) is 22.3 Å². The maximum atomic E-state index is 5.12. The van der Waals surface area contributed by atoms with Crippen LogP contribution < -0.4 is 0 Å². The van der Waals surface area contributed by atoms with E-state index in [1.807, 2.05) is 0 Å². The molecular weight excluding hydrogens is 148 g/mol.